The van der Waals surface area contributed by atoms with Gasteiger partial charge in [0.15, 0.2) is 23.0 Å². The number of carbonyl (C=O) groups is 5. The molecule has 0 fully saturated rings. The number of benzene rings is 3. The van der Waals surface area contributed by atoms with Gasteiger partial charge in [0.25, 0.3) is 11.8 Å². The number of aliphatic carboxylic acids is 1. The van der Waals surface area contributed by atoms with Crippen molar-refractivity contribution in [2.24, 2.45) is 5.73 Å². The van der Waals surface area contributed by atoms with Crippen molar-refractivity contribution in [3.63, 3.8) is 0 Å². The Morgan fingerprint density at radius 1 is 0.600 bits per heavy atom. The highest BCUT2D eigenvalue weighted by Gasteiger charge is 2.28. The second kappa shape index (κ2) is 19.2. The van der Waals surface area contributed by atoms with Crippen molar-refractivity contribution in [3.05, 3.63) is 83.4 Å². The number of phenols is 4. The summed E-state index contributed by atoms with van der Waals surface area (Å²) in [6, 6.07) is 13.3. The highest BCUT2D eigenvalue weighted by molar-refractivity contribution is 5.98. The van der Waals surface area contributed by atoms with Crippen LogP contribution in [0.25, 0.3) is 0 Å². The van der Waals surface area contributed by atoms with Crippen LogP contribution in [0.4, 0.5) is 0 Å². The number of phenolic OH excluding ortho intramolecular Hbond substituents is 4. The SMILES string of the molecule is N[C@@H](CCCCNC(=O)c1cccc(O)c1O)C(=O)N[C@@H](CCCCNC(=O)c1cccc(O)c1O)C(=O)N[C@@H](Cc1ccccc1)C(=O)O. The molecule has 0 bridgehead atoms. The van der Waals surface area contributed by atoms with E-state index in [1.54, 1.807) is 30.3 Å². The van der Waals surface area contributed by atoms with E-state index in [1.165, 1.54) is 36.4 Å². The molecule has 15 heteroatoms. The van der Waals surface area contributed by atoms with Crippen LogP contribution in [-0.2, 0) is 20.8 Å². The number of rotatable bonds is 19. The zero-order valence-corrected chi connectivity index (χ0v) is 27.3. The van der Waals surface area contributed by atoms with Crippen molar-refractivity contribution in [2.75, 3.05) is 13.1 Å². The highest BCUT2D eigenvalue weighted by atomic mass is 16.4. The molecule has 0 heterocycles. The molecule has 3 rings (SSSR count). The van der Waals surface area contributed by atoms with Crippen LogP contribution >= 0.6 is 0 Å². The summed E-state index contributed by atoms with van der Waals surface area (Å²) in [5, 5.41) is 59.1. The maximum Gasteiger partial charge on any atom is 0.326 e. The van der Waals surface area contributed by atoms with Crippen molar-refractivity contribution >= 4 is 29.6 Å². The summed E-state index contributed by atoms with van der Waals surface area (Å²) in [5.74, 6) is -5.76. The van der Waals surface area contributed by atoms with Gasteiger partial charge >= 0.3 is 5.97 Å². The minimum atomic E-state index is -1.27. The molecule has 0 aliphatic heterocycles. The molecule has 268 valence electrons. The monoisotopic (exact) mass is 693 g/mol. The molecule has 0 aromatic heterocycles. The Kier molecular flexibility index (Phi) is 14.9. The normalized spacial score (nSPS) is 12.6. The van der Waals surface area contributed by atoms with E-state index in [1.807, 2.05) is 0 Å². The minimum absolute atomic E-state index is 0.0115. The summed E-state index contributed by atoms with van der Waals surface area (Å²) in [6.45, 7) is 0.343. The molecule has 0 spiro atoms. The molecule has 0 aliphatic rings. The lowest BCUT2D eigenvalue weighted by molar-refractivity contribution is -0.142. The number of aromatic hydroxyl groups is 4. The number of carbonyl (C=O) groups excluding carboxylic acids is 4. The minimum Gasteiger partial charge on any atom is -0.504 e. The van der Waals surface area contributed by atoms with Gasteiger partial charge in [0.1, 0.15) is 12.1 Å². The summed E-state index contributed by atoms with van der Waals surface area (Å²) in [7, 11) is 0. The van der Waals surface area contributed by atoms with E-state index in [4.69, 9.17) is 5.73 Å². The van der Waals surface area contributed by atoms with Crippen molar-refractivity contribution in [1.29, 1.82) is 0 Å². The number of para-hydroxylation sites is 2. The molecule has 0 radical (unpaired) electrons. The van der Waals surface area contributed by atoms with Crippen LogP contribution in [-0.4, -0.2) is 86.3 Å². The Morgan fingerprint density at radius 2 is 1.10 bits per heavy atom. The molecule has 4 amide bonds. The van der Waals surface area contributed by atoms with Crippen LogP contribution in [0.2, 0.25) is 0 Å². The van der Waals surface area contributed by atoms with Gasteiger partial charge in [-0.1, -0.05) is 42.5 Å². The molecule has 3 aromatic rings. The van der Waals surface area contributed by atoms with Crippen LogP contribution in [0.5, 0.6) is 23.0 Å². The third kappa shape index (κ3) is 11.7. The fraction of sp³-hybridized carbons (Fsp3) is 0.343. The molecular formula is C35H43N5O10. The second-order valence-corrected chi connectivity index (χ2v) is 11.6. The van der Waals surface area contributed by atoms with Crippen molar-refractivity contribution in [2.45, 2.75) is 63.1 Å². The maximum atomic E-state index is 13.3. The van der Waals surface area contributed by atoms with E-state index in [-0.39, 0.29) is 43.5 Å². The Labute approximate surface area is 288 Å². The van der Waals surface area contributed by atoms with Crippen LogP contribution < -0.4 is 27.0 Å². The van der Waals surface area contributed by atoms with Gasteiger partial charge in [0.05, 0.1) is 17.2 Å². The summed E-state index contributed by atoms with van der Waals surface area (Å²) < 4.78 is 0. The number of nitrogens with one attached hydrogen (secondary N) is 4. The van der Waals surface area contributed by atoms with E-state index in [0.29, 0.717) is 31.2 Å². The first-order chi connectivity index (χ1) is 23.9. The van der Waals surface area contributed by atoms with E-state index >= 15 is 0 Å². The van der Waals surface area contributed by atoms with Crippen LogP contribution in [0.15, 0.2) is 66.7 Å². The van der Waals surface area contributed by atoms with Gasteiger partial charge < -0.3 is 52.5 Å². The molecule has 0 aliphatic carbocycles. The number of carboxylic acids is 1. The van der Waals surface area contributed by atoms with Gasteiger partial charge in [-0.2, -0.15) is 0 Å². The van der Waals surface area contributed by atoms with E-state index in [2.05, 4.69) is 21.3 Å². The first-order valence-corrected chi connectivity index (χ1v) is 16.1. The Balaban J connectivity index is 1.54. The Hall–Kier alpha value is -5.83. The lowest BCUT2D eigenvalue weighted by Gasteiger charge is -2.23. The zero-order chi connectivity index (χ0) is 36.6. The second-order valence-electron chi connectivity index (χ2n) is 11.6. The predicted molar refractivity (Wildman–Crippen MR) is 182 cm³/mol. The van der Waals surface area contributed by atoms with Gasteiger partial charge in [-0.15, -0.1) is 0 Å². The number of amides is 4. The van der Waals surface area contributed by atoms with Crippen LogP contribution in [0.3, 0.4) is 0 Å². The third-order valence-corrected chi connectivity index (χ3v) is 7.82. The van der Waals surface area contributed by atoms with Gasteiger partial charge in [0.2, 0.25) is 11.8 Å². The number of carboxylic acid groups (broad SMARTS) is 1. The Bertz CT molecular complexity index is 1640. The van der Waals surface area contributed by atoms with Crippen molar-refractivity contribution < 1.29 is 49.5 Å². The quantitative estimate of drug-likeness (QED) is 0.0637. The van der Waals surface area contributed by atoms with Gasteiger partial charge in [-0.3, -0.25) is 19.2 Å². The molecule has 0 saturated heterocycles. The first kappa shape index (κ1) is 38.6. The largest absolute Gasteiger partial charge is 0.504 e. The summed E-state index contributed by atoms with van der Waals surface area (Å²) in [4.78, 5) is 63.1. The topological polar surface area (TPSA) is 261 Å². The first-order valence-electron chi connectivity index (χ1n) is 16.1. The number of hydrogen-bond donors (Lipinski definition) is 10. The molecule has 50 heavy (non-hydrogen) atoms. The Morgan fingerprint density at radius 3 is 1.62 bits per heavy atom. The summed E-state index contributed by atoms with van der Waals surface area (Å²) >= 11 is 0. The molecule has 0 unspecified atom stereocenters. The number of unbranched alkanes of at least 4 members (excludes halogenated alkanes) is 2. The van der Waals surface area contributed by atoms with E-state index < -0.39 is 70.7 Å². The smallest absolute Gasteiger partial charge is 0.326 e. The molecule has 0 saturated carbocycles. The van der Waals surface area contributed by atoms with Gasteiger partial charge in [-0.05, 0) is 68.4 Å². The van der Waals surface area contributed by atoms with Crippen LogP contribution in [0.1, 0.15) is 64.8 Å². The van der Waals surface area contributed by atoms with Gasteiger partial charge in [-0.25, -0.2) is 4.79 Å². The van der Waals surface area contributed by atoms with E-state index in [9.17, 15) is 49.5 Å². The number of hydrogen-bond acceptors (Lipinski definition) is 10. The molecule has 15 nitrogen and oxygen atoms in total. The highest BCUT2D eigenvalue weighted by Crippen LogP contribution is 2.28. The maximum absolute atomic E-state index is 13.3. The lowest BCUT2D eigenvalue weighted by Crippen LogP contribution is -2.54. The lowest BCUT2D eigenvalue weighted by atomic mass is 10.0. The fourth-order valence-corrected chi connectivity index (χ4v) is 4.99. The van der Waals surface area contributed by atoms with E-state index in [0.717, 1.165) is 0 Å². The van der Waals surface area contributed by atoms with Crippen molar-refractivity contribution in [3.8, 4) is 23.0 Å². The van der Waals surface area contributed by atoms with Gasteiger partial charge in [0, 0.05) is 19.5 Å². The number of nitrogens with two attached hydrogens (primary N) is 1. The van der Waals surface area contributed by atoms with Crippen molar-refractivity contribution in [1.82, 2.24) is 21.3 Å². The molecular weight excluding hydrogens is 650 g/mol. The fourth-order valence-electron chi connectivity index (χ4n) is 4.99. The third-order valence-electron chi connectivity index (χ3n) is 7.82. The molecule has 3 aromatic carbocycles. The average Bonchev–Trinajstić information content (AvgIpc) is 3.09. The molecule has 11 N–H and O–H groups in total. The predicted octanol–water partition coefficient (Wildman–Crippen LogP) is 1.63. The average molecular weight is 694 g/mol. The standard InChI is InChI=1S/C35H43N5O10/c36-24(14-4-6-18-37-31(45)22-12-8-16-27(41)29(22)43)33(47)39-25(34(48)40-26(35(49)50)20-21-10-2-1-3-11-21)15-5-7-19-38-32(46)23-13-9-17-28(42)30(23)44/h1-3,8-13,16-17,24-26,41-44H,4-7,14-15,18-20,36H2,(H,37,45)(H,38,46)(H,39,47)(H,40,48)(H,49,50)/t24-,25-,26-/m0/s1. The van der Waals surface area contributed by atoms with Crippen LogP contribution in [0, 0.1) is 0 Å². The molecule has 3 atom stereocenters. The zero-order valence-electron chi connectivity index (χ0n) is 27.3. The summed E-state index contributed by atoms with van der Waals surface area (Å²) in [6.07, 6.45) is 1.83. The summed E-state index contributed by atoms with van der Waals surface area (Å²) in [5.41, 5.74) is 6.59.